The molecule has 1 atom stereocenters. The van der Waals surface area contributed by atoms with Crippen molar-refractivity contribution in [1.29, 1.82) is 0 Å². The van der Waals surface area contributed by atoms with Crippen molar-refractivity contribution < 1.29 is 24.1 Å². The summed E-state index contributed by atoms with van der Waals surface area (Å²) < 4.78 is 25.7. The van der Waals surface area contributed by atoms with Crippen LogP contribution in [0.4, 0.5) is 0 Å². The molecule has 0 spiro atoms. The van der Waals surface area contributed by atoms with Crippen LogP contribution in [0.25, 0.3) is 28.0 Å². The minimum atomic E-state index is -0.895. The van der Waals surface area contributed by atoms with Crippen LogP contribution in [0, 0.1) is 13.8 Å². The molecule has 5 aromatic rings. The molecule has 7 rings (SSSR count). The second kappa shape index (κ2) is 15.2. The van der Waals surface area contributed by atoms with Gasteiger partial charge in [-0.3, -0.25) is 0 Å². The molecule has 0 radical (unpaired) electrons. The highest BCUT2D eigenvalue weighted by molar-refractivity contribution is 6.08. The topological polar surface area (TPSA) is 57.2 Å². The molecule has 0 saturated heterocycles. The number of fused-ring (bicyclic) bond motifs is 8. The fourth-order valence-electron chi connectivity index (χ4n) is 8.29. The zero-order chi connectivity index (χ0) is 36.3. The summed E-state index contributed by atoms with van der Waals surface area (Å²) in [5, 5.41) is 11.3. The Kier molecular flexibility index (Phi) is 10.5. The van der Waals surface area contributed by atoms with Gasteiger partial charge in [0.1, 0.15) is 22.8 Å². The van der Waals surface area contributed by atoms with Crippen LogP contribution < -0.4 is 14.2 Å². The number of aliphatic hydroxyl groups is 1. The smallest absolute Gasteiger partial charge is 0.178 e. The molecule has 5 heteroatoms. The van der Waals surface area contributed by atoms with E-state index in [-0.39, 0.29) is 0 Å². The standard InChI is InChI=1S/C47H52O5/c1-32-14-24-38-41(30-32)45-40(26-27-47(52-45,34-16-20-36(49-4)21-17-34)35-18-22-37(50-5)23-19-35)44-43(38)39-25-15-33(2)31-42(39)46(44,3)51-29-13-11-9-7-6-8-10-12-28-48/h14-27,30-31,48H,6-13,28-29H2,1-5H3/t46-/m0/s1. The van der Waals surface area contributed by atoms with E-state index in [0.29, 0.717) is 13.2 Å². The highest BCUT2D eigenvalue weighted by Gasteiger charge is 2.47. The quantitative estimate of drug-likeness (QED) is 0.110. The van der Waals surface area contributed by atoms with Gasteiger partial charge in [0, 0.05) is 40.9 Å². The van der Waals surface area contributed by atoms with Gasteiger partial charge in [-0.1, -0.05) is 110 Å². The second-order valence-electron chi connectivity index (χ2n) is 14.7. The van der Waals surface area contributed by atoms with Crippen LogP contribution in [-0.2, 0) is 15.9 Å². The van der Waals surface area contributed by atoms with E-state index < -0.39 is 11.2 Å². The summed E-state index contributed by atoms with van der Waals surface area (Å²) >= 11 is 0. The zero-order valence-corrected chi connectivity index (χ0v) is 31.4. The Morgan fingerprint density at radius 1 is 0.654 bits per heavy atom. The summed E-state index contributed by atoms with van der Waals surface area (Å²) in [6.45, 7) is 7.57. The van der Waals surface area contributed by atoms with Gasteiger partial charge >= 0.3 is 0 Å². The number of hydrogen-bond donors (Lipinski definition) is 1. The monoisotopic (exact) mass is 696 g/mol. The normalized spacial score (nSPS) is 16.7. The minimum Gasteiger partial charge on any atom is -0.497 e. The van der Waals surface area contributed by atoms with E-state index >= 15 is 0 Å². The second-order valence-corrected chi connectivity index (χ2v) is 14.7. The summed E-state index contributed by atoms with van der Waals surface area (Å²) in [6, 6.07) is 30.0. The Morgan fingerprint density at radius 2 is 1.23 bits per heavy atom. The Balaban J connectivity index is 1.33. The maximum absolute atomic E-state index is 9.06. The SMILES string of the molecule is COc1ccc(C2(c3ccc(OC)cc3)C=Cc3c4c(c5ccc(C)cc5c3O2)-c2ccc(C)cc2[C@]4(C)OCCCCCCCCCCO)cc1. The van der Waals surface area contributed by atoms with E-state index in [1.807, 2.05) is 24.3 Å². The van der Waals surface area contributed by atoms with Crippen molar-refractivity contribution >= 4 is 16.8 Å². The first-order valence-electron chi connectivity index (χ1n) is 19.0. The lowest BCUT2D eigenvalue weighted by Crippen LogP contribution is -2.35. The third-order valence-electron chi connectivity index (χ3n) is 11.1. The van der Waals surface area contributed by atoms with Gasteiger partial charge in [-0.15, -0.1) is 0 Å². The lowest BCUT2D eigenvalue weighted by Gasteiger charge is -2.39. The third-order valence-corrected chi connectivity index (χ3v) is 11.1. The van der Waals surface area contributed by atoms with Crippen molar-refractivity contribution in [2.45, 2.75) is 83.3 Å². The summed E-state index contributed by atoms with van der Waals surface area (Å²) in [5.41, 5.74) is 8.82. The molecule has 0 saturated carbocycles. The first kappa shape index (κ1) is 35.8. The molecule has 270 valence electrons. The molecule has 1 aliphatic heterocycles. The maximum atomic E-state index is 9.06. The number of ether oxygens (including phenoxy) is 4. The predicted octanol–water partition coefficient (Wildman–Crippen LogP) is 11.2. The molecule has 1 heterocycles. The summed E-state index contributed by atoms with van der Waals surface area (Å²) in [5.74, 6) is 2.46. The number of rotatable bonds is 15. The molecule has 0 fully saturated rings. The summed E-state index contributed by atoms with van der Waals surface area (Å²) in [6.07, 6.45) is 13.6. The van der Waals surface area contributed by atoms with Gasteiger partial charge in [-0.05, 0) is 92.1 Å². The maximum Gasteiger partial charge on any atom is 0.178 e. The molecule has 5 nitrogen and oxygen atoms in total. The van der Waals surface area contributed by atoms with Gasteiger partial charge in [0.15, 0.2) is 5.60 Å². The molecule has 52 heavy (non-hydrogen) atoms. The van der Waals surface area contributed by atoms with Crippen molar-refractivity contribution in [3.63, 3.8) is 0 Å². The summed E-state index contributed by atoms with van der Waals surface area (Å²) in [4.78, 5) is 0. The first-order valence-corrected chi connectivity index (χ1v) is 19.0. The van der Waals surface area contributed by atoms with Crippen LogP contribution in [0.1, 0.15) is 97.2 Å². The fourth-order valence-corrected chi connectivity index (χ4v) is 8.29. The highest BCUT2D eigenvalue weighted by atomic mass is 16.5. The van der Waals surface area contributed by atoms with Crippen molar-refractivity contribution in [1.82, 2.24) is 0 Å². The Morgan fingerprint density at radius 3 is 1.85 bits per heavy atom. The average molecular weight is 697 g/mol. The molecule has 0 aromatic heterocycles. The van der Waals surface area contributed by atoms with Gasteiger partial charge in [-0.25, -0.2) is 0 Å². The number of methoxy groups -OCH3 is 2. The number of unbranched alkanes of at least 4 members (excludes halogenated alkanes) is 7. The molecule has 0 bridgehead atoms. The van der Waals surface area contributed by atoms with Crippen LogP contribution in [0.2, 0.25) is 0 Å². The van der Waals surface area contributed by atoms with E-state index in [2.05, 4.69) is 93.6 Å². The molecule has 5 aromatic carbocycles. The van der Waals surface area contributed by atoms with Crippen molar-refractivity contribution in [3.05, 3.63) is 130 Å². The van der Waals surface area contributed by atoms with Crippen molar-refractivity contribution in [2.24, 2.45) is 0 Å². The fraction of sp³-hybridized carbons (Fsp3) is 0.362. The van der Waals surface area contributed by atoms with Crippen molar-refractivity contribution in [2.75, 3.05) is 27.4 Å². The molecule has 0 unspecified atom stereocenters. The van der Waals surface area contributed by atoms with E-state index in [0.717, 1.165) is 65.0 Å². The lowest BCUT2D eigenvalue weighted by molar-refractivity contribution is -0.00328. The van der Waals surface area contributed by atoms with E-state index in [4.69, 9.17) is 24.1 Å². The van der Waals surface area contributed by atoms with E-state index in [9.17, 15) is 0 Å². The van der Waals surface area contributed by atoms with Crippen LogP contribution in [0.15, 0.2) is 91.0 Å². The van der Waals surface area contributed by atoms with E-state index in [1.165, 1.54) is 64.5 Å². The van der Waals surface area contributed by atoms with Gasteiger partial charge in [0.2, 0.25) is 0 Å². The number of hydrogen-bond acceptors (Lipinski definition) is 5. The summed E-state index contributed by atoms with van der Waals surface area (Å²) in [7, 11) is 3.38. The molecule has 1 aliphatic carbocycles. The highest BCUT2D eigenvalue weighted by Crippen LogP contribution is 2.59. The number of aliphatic hydroxyl groups excluding tert-OH is 1. The molecule has 2 aliphatic rings. The van der Waals surface area contributed by atoms with Gasteiger partial charge in [-0.2, -0.15) is 0 Å². The molecule has 0 amide bonds. The lowest BCUT2D eigenvalue weighted by atomic mass is 9.80. The molecular formula is C47H52O5. The van der Waals surface area contributed by atoms with Crippen LogP contribution >= 0.6 is 0 Å². The average Bonchev–Trinajstić information content (AvgIpc) is 3.43. The number of aryl methyl sites for hydroxylation is 2. The van der Waals surface area contributed by atoms with Crippen LogP contribution in [-0.4, -0.2) is 32.5 Å². The van der Waals surface area contributed by atoms with Crippen LogP contribution in [0.3, 0.4) is 0 Å². The third kappa shape index (κ3) is 6.50. The zero-order valence-electron chi connectivity index (χ0n) is 31.4. The molecular weight excluding hydrogens is 645 g/mol. The largest absolute Gasteiger partial charge is 0.497 e. The molecule has 1 N–H and O–H groups in total. The van der Waals surface area contributed by atoms with Crippen molar-refractivity contribution in [3.8, 4) is 28.4 Å². The minimum absolute atomic E-state index is 0.300. The van der Waals surface area contributed by atoms with Crippen LogP contribution in [0.5, 0.6) is 17.2 Å². The Labute approximate surface area is 309 Å². The van der Waals surface area contributed by atoms with E-state index in [1.54, 1.807) is 14.2 Å². The number of benzene rings is 5. The predicted molar refractivity (Wildman–Crippen MR) is 212 cm³/mol. The van der Waals surface area contributed by atoms with Gasteiger partial charge < -0.3 is 24.1 Å². The first-order chi connectivity index (χ1) is 25.3. The van der Waals surface area contributed by atoms with Gasteiger partial charge in [0.05, 0.1) is 14.2 Å². The Bertz CT molecular complexity index is 2010. The van der Waals surface area contributed by atoms with Gasteiger partial charge in [0.25, 0.3) is 0 Å². The Hall–Kier alpha value is -4.58.